The van der Waals surface area contributed by atoms with E-state index in [9.17, 15) is 0 Å². The van der Waals surface area contributed by atoms with Gasteiger partial charge in [-0.05, 0) is 43.1 Å². The molecule has 16 heavy (non-hydrogen) atoms. The highest BCUT2D eigenvalue weighted by Crippen LogP contribution is 2.35. The van der Waals surface area contributed by atoms with Gasteiger partial charge in [-0.25, -0.2) is 4.98 Å². The van der Waals surface area contributed by atoms with Crippen molar-refractivity contribution in [2.45, 2.75) is 23.4 Å². The van der Waals surface area contributed by atoms with Gasteiger partial charge >= 0.3 is 0 Å². The van der Waals surface area contributed by atoms with Gasteiger partial charge in [0.1, 0.15) is 5.82 Å². The first-order chi connectivity index (χ1) is 7.65. The zero-order chi connectivity index (χ0) is 11.5. The molecule has 1 unspecified atom stereocenters. The lowest BCUT2D eigenvalue weighted by molar-refractivity contribution is 1.07. The van der Waals surface area contributed by atoms with Crippen LogP contribution in [0.5, 0.6) is 0 Å². The van der Waals surface area contributed by atoms with Crippen LogP contribution in [0.3, 0.4) is 0 Å². The number of nitrogens with zero attached hydrogens (tertiary/aromatic N) is 2. The molecule has 0 spiro atoms. The van der Waals surface area contributed by atoms with Crippen LogP contribution in [0.2, 0.25) is 0 Å². The van der Waals surface area contributed by atoms with E-state index in [-0.39, 0.29) is 0 Å². The van der Waals surface area contributed by atoms with Crippen LogP contribution in [0.15, 0.2) is 28.6 Å². The van der Waals surface area contributed by atoms with Gasteiger partial charge in [0.15, 0.2) is 4.34 Å². The lowest BCUT2D eigenvalue weighted by atomic mass is 10.1. The monoisotopic (exact) mass is 251 g/mol. The Labute approximate surface area is 103 Å². The summed E-state index contributed by atoms with van der Waals surface area (Å²) in [7, 11) is 0. The van der Waals surface area contributed by atoms with Gasteiger partial charge in [-0.3, -0.25) is 0 Å². The van der Waals surface area contributed by atoms with Crippen LogP contribution in [0.4, 0.5) is 5.69 Å². The van der Waals surface area contributed by atoms with Crippen molar-refractivity contribution in [2.75, 3.05) is 5.73 Å². The molecule has 5 heteroatoms. The van der Waals surface area contributed by atoms with Crippen molar-refractivity contribution >= 4 is 29.0 Å². The standard InChI is InChI=1S/C11H13N3S2/c1-7(9-4-3-5-10(12)6-9)15-11-13-8(2)14-16-11/h3-7H,12H2,1-2H3. The number of rotatable bonds is 3. The molecular weight excluding hydrogens is 238 g/mol. The van der Waals surface area contributed by atoms with Crippen LogP contribution in [-0.4, -0.2) is 9.36 Å². The maximum absolute atomic E-state index is 5.76. The quantitative estimate of drug-likeness (QED) is 0.672. The van der Waals surface area contributed by atoms with Crippen molar-refractivity contribution in [1.29, 1.82) is 0 Å². The summed E-state index contributed by atoms with van der Waals surface area (Å²) in [6.45, 7) is 4.06. The van der Waals surface area contributed by atoms with Gasteiger partial charge < -0.3 is 5.73 Å². The molecule has 1 aromatic carbocycles. The second kappa shape index (κ2) is 4.84. The third-order valence-corrected chi connectivity index (χ3v) is 4.20. The van der Waals surface area contributed by atoms with Crippen LogP contribution in [-0.2, 0) is 0 Å². The maximum atomic E-state index is 5.76. The van der Waals surface area contributed by atoms with Gasteiger partial charge in [-0.2, -0.15) is 4.37 Å². The van der Waals surface area contributed by atoms with E-state index in [1.807, 2.05) is 25.1 Å². The summed E-state index contributed by atoms with van der Waals surface area (Å²) in [5, 5.41) is 0.343. The van der Waals surface area contributed by atoms with Crippen LogP contribution in [0.1, 0.15) is 23.6 Å². The summed E-state index contributed by atoms with van der Waals surface area (Å²) in [6.07, 6.45) is 0. The van der Waals surface area contributed by atoms with Crippen LogP contribution >= 0.6 is 23.3 Å². The molecule has 2 N–H and O–H groups in total. The number of aryl methyl sites for hydroxylation is 1. The molecule has 1 heterocycles. The molecule has 2 aromatic rings. The van der Waals surface area contributed by atoms with E-state index in [0.29, 0.717) is 5.25 Å². The van der Waals surface area contributed by atoms with E-state index >= 15 is 0 Å². The Kier molecular flexibility index (Phi) is 3.46. The lowest BCUT2D eigenvalue weighted by Gasteiger charge is -2.09. The number of nitrogens with two attached hydrogens (primary N) is 1. The van der Waals surface area contributed by atoms with Crippen molar-refractivity contribution in [3.05, 3.63) is 35.7 Å². The average molecular weight is 251 g/mol. The number of hydrogen-bond acceptors (Lipinski definition) is 5. The van der Waals surface area contributed by atoms with Crippen LogP contribution in [0, 0.1) is 6.92 Å². The normalized spacial score (nSPS) is 12.6. The van der Waals surface area contributed by atoms with E-state index in [4.69, 9.17) is 5.73 Å². The number of thioether (sulfide) groups is 1. The second-order valence-corrected chi connectivity index (χ2v) is 5.88. The highest BCUT2D eigenvalue weighted by molar-refractivity contribution is 8.01. The summed E-state index contributed by atoms with van der Waals surface area (Å²) in [5.74, 6) is 0.840. The van der Waals surface area contributed by atoms with E-state index in [1.54, 1.807) is 11.8 Å². The predicted octanol–water partition coefficient (Wildman–Crippen LogP) is 3.28. The minimum Gasteiger partial charge on any atom is -0.399 e. The minimum absolute atomic E-state index is 0.343. The van der Waals surface area contributed by atoms with Crippen molar-refractivity contribution in [1.82, 2.24) is 9.36 Å². The van der Waals surface area contributed by atoms with Crippen LogP contribution in [0.25, 0.3) is 0 Å². The zero-order valence-corrected chi connectivity index (χ0v) is 10.8. The highest BCUT2D eigenvalue weighted by atomic mass is 32.2. The second-order valence-electron chi connectivity index (χ2n) is 3.54. The summed E-state index contributed by atoms with van der Waals surface area (Å²) in [5.41, 5.74) is 7.78. The molecule has 0 saturated heterocycles. The first-order valence-electron chi connectivity index (χ1n) is 4.97. The highest BCUT2D eigenvalue weighted by Gasteiger charge is 2.10. The Morgan fingerprint density at radius 1 is 1.44 bits per heavy atom. The topological polar surface area (TPSA) is 51.8 Å². The van der Waals surface area contributed by atoms with Gasteiger partial charge in [0, 0.05) is 10.9 Å². The minimum atomic E-state index is 0.343. The molecule has 0 saturated carbocycles. The molecule has 1 atom stereocenters. The molecule has 0 aliphatic heterocycles. The molecule has 0 radical (unpaired) electrons. The van der Waals surface area contributed by atoms with Crippen molar-refractivity contribution in [3.8, 4) is 0 Å². The Hall–Kier alpha value is -1.07. The molecule has 0 aliphatic carbocycles. The maximum Gasteiger partial charge on any atom is 0.170 e. The van der Waals surface area contributed by atoms with E-state index in [0.717, 1.165) is 15.9 Å². The number of nitrogen functional groups attached to an aromatic ring is 1. The van der Waals surface area contributed by atoms with Crippen molar-refractivity contribution in [3.63, 3.8) is 0 Å². The average Bonchev–Trinajstić information content (AvgIpc) is 2.64. The largest absolute Gasteiger partial charge is 0.399 e. The summed E-state index contributed by atoms with van der Waals surface area (Å²) < 4.78 is 5.17. The fourth-order valence-electron chi connectivity index (χ4n) is 1.36. The first-order valence-corrected chi connectivity index (χ1v) is 6.63. The van der Waals surface area contributed by atoms with Gasteiger partial charge in [-0.15, -0.1) is 0 Å². The predicted molar refractivity (Wildman–Crippen MR) is 69.8 cm³/mol. The molecule has 3 nitrogen and oxygen atoms in total. The van der Waals surface area contributed by atoms with Crippen LogP contribution < -0.4 is 5.73 Å². The Morgan fingerprint density at radius 3 is 2.88 bits per heavy atom. The van der Waals surface area contributed by atoms with Gasteiger partial charge in [0.25, 0.3) is 0 Å². The fraction of sp³-hybridized carbons (Fsp3) is 0.273. The number of hydrogen-bond donors (Lipinski definition) is 1. The van der Waals surface area contributed by atoms with E-state index in [2.05, 4.69) is 22.3 Å². The zero-order valence-electron chi connectivity index (χ0n) is 9.18. The number of benzene rings is 1. The molecule has 0 aliphatic rings. The number of aromatic nitrogens is 2. The third-order valence-electron chi connectivity index (χ3n) is 2.17. The molecule has 0 amide bonds. The van der Waals surface area contributed by atoms with Gasteiger partial charge in [0.2, 0.25) is 0 Å². The first kappa shape index (κ1) is 11.4. The summed E-state index contributed by atoms with van der Waals surface area (Å²) >= 11 is 3.16. The SMILES string of the molecule is Cc1nsc(SC(C)c2cccc(N)c2)n1. The van der Waals surface area contributed by atoms with Crippen molar-refractivity contribution in [2.24, 2.45) is 0 Å². The van der Waals surface area contributed by atoms with Gasteiger partial charge in [0.05, 0.1) is 0 Å². The Morgan fingerprint density at radius 2 is 2.25 bits per heavy atom. The lowest BCUT2D eigenvalue weighted by Crippen LogP contribution is -1.91. The molecular formula is C11H13N3S2. The Bertz CT molecular complexity index is 482. The van der Waals surface area contributed by atoms with E-state index in [1.165, 1.54) is 17.1 Å². The number of anilines is 1. The molecule has 2 rings (SSSR count). The van der Waals surface area contributed by atoms with E-state index < -0.39 is 0 Å². The summed E-state index contributed by atoms with van der Waals surface area (Å²) in [6, 6.07) is 7.97. The molecule has 0 fully saturated rings. The Balaban J connectivity index is 2.11. The third kappa shape index (κ3) is 2.74. The molecule has 84 valence electrons. The fourth-order valence-corrected chi connectivity index (χ4v) is 3.27. The summed E-state index contributed by atoms with van der Waals surface area (Å²) in [4.78, 5) is 4.34. The van der Waals surface area contributed by atoms with Crippen molar-refractivity contribution < 1.29 is 0 Å². The molecule has 1 aromatic heterocycles. The molecule has 0 bridgehead atoms. The smallest absolute Gasteiger partial charge is 0.170 e. The van der Waals surface area contributed by atoms with Gasteiger partial charge in [-0.1, -0.05) is 23.9 Å².